The Balaban J connectivity index is 1.55. The Morgan fingerprint density at radius 1 is 1.12 bits per heavy atom. The third-order valence-electron chi connectivity index (χ3n) is 6.27. The van der Waals surface area contributed by atoms with Crippen LogP contribution in [0.4, 0.5) is 5.82 Å². The normalized spacial score (nSPS) is 19.8. The van der Waals surface area contributed by atoms with E-state index in [0.717, 1.165) is 42.0 Å². The third kappa shape index (κ3) is 3.70. The summed E-state index contributed by atoms with van der Waals surface area (Å²) in [5.74, 6) is 0.738. The number of benzene rings is 2. The van der Waals surface area contributed by atoms with Crippen molar-refractivity contribution in [1.29, 1.82) is 0 Å². The Labute approximate surface area is 197 Å². The molecule has 32 heavy (non-hydrogen) atoms. The lowest BCUT2D eigenvalue weighted by molar-refractivity contribution is -0.118. The van der Waals surface area contributed by atoms with E-state index in [4.69, 9.17) is 23.2 Å². The van der Waals surface area contributed by atoms with Gasteiger partial charge in [-0.1, -0.05) is 53.5 Å². The highest BCUT2D eigenvalue weighted by Crippen LogP contribution is 2.39. The quantitative estimate of drug-likeness (QED) is 0.498. The molecule has 0 saturated heterocycles. The molecule has 1 aliphatic heterocycles. The van der Waals surface area contributed by atoms with Crippen LogP contribution in [-0.4, -0.2) is 15.7 Å². The van der Waals surface area contributed by atoms with Crippen LogP contribution in [0.2, 0.25) is 10.0 Å². The van der Waals surface area contributed by atoms with Crippen molar-refractivity contribution in [3.05, 3.63) is 92.2 Å². The topological polar surface area (TPSA) is 59.0 Å². The number of carbonyl (C=O) groups excluding carboxylic acids is 1. The molecule has 2 atom stereocenters. The van der Waals surface area contributed by atoms with Gasteiger partial charge in [0.1, 0.15) is 11.9 Å². The minimum atomic E-state index is -0.409. The maximum absolute atomic E-state index is 13.7. The van der Waals surface area contributed by atoms with Crippen molar-refractivity contribution in [1.82, 2.24) is 15.1 Å². The Hall–Kier alpha value is -2.76. The third-order valence-corrected chi connectivity index (χ3v) is 7.01. The van der Waals surface area contributed by atoms with Crippen molar-refractivity contribution < 1.29 is 4.79 Å². The Morgan fingerprint density at radius 2 is 1.94 bits per heavy atom. The number of anilines is 1. The van der Waals surface area contributed by atoms with Crippen LogP contribution in [0.15, 0.2) is 59.8 Å². The summed E-state index contributed by atoms with van der Waals surface area (Å²) < 4.78 is 1.85. The van der Waals surface area contributed by atoms with Crippen molar-refractivity contribution in [2.75, 3.05) is 5.32 Å². The summed E-state index contributed by atoms with van der Waals surface area (Å²) in [6, 6.07) is 15.4. The lowest BCUT2D eigenvalue weighted by Crippen LogP contribution is -2.37. The van der Waals surface area contributed by atoms with E-state index < -0.39 is 6.04 Å². The second-order valence-electron chi connectivity index (χ2n) is 8.47. The van der Waals surface area contributed by atoms with Gasteiger partial charge in [-0.15, -0.1) is 0 Å². The van der Waals surface area contributed by atoms with Gasteiger partial charge in [0.05, 0.1) is 27.4 Å². The maximum Gasteiger partial charge on any atom is 0.251 e. The van der Waals surface area contributed by atoms with Gasteiger partial charge in [-0.05, 0) is 61.9 Å². The fourth-order valence-electron chi connectivity index (χ4n) is 4.82. The Bertz CT molecular complexity index is 1250. The molecule has 0 radical (unpaired) electrons. The zero-order chi connectivity index (χ0) is 22.4. The molecular formula is C25H24Cl2N4O. The fourth-order valence-corrected chi connectivity index (χ4v) is 5.12. The number of amides is 1. The van der Waals surface area contributed by atoms with Crippen LogP contribution in [0, 0.1) is 6.92 Å². The van der Waals surface area contributed by atoms with Crippen molar-refractivity contribution in [3.63, 3.8) is 0 Å². The summed E-state index contributed by atoms with van der Waals surface area (Å²) in [5.41, 5.74) is 5.67. The van der Waals surface area contributed by atoms with Crippen LogP contribution in [0.1, 0.15) is 54.2 Å². The Morgan fingerprint density at radius 3 is 2.75 bits per heavy atom. The largest absolute Gasteiger partial charge is 0.345 e. The molecule has 2 unspecified atom stereocenters. The molecule has 2 N–H and O–H groups in total. The van der Waals surface area contributed by atoms with Gasteiger partial charge >= 0.3 is 0 Å². The van der Waals surface area contributed by atoms with Crippen molar-refractivity contribution in [2.24, 2.45) is 0 Å². The maximum atomic E-state index is 13.7. The molecule has 164 valence electrons. The van der Waals surface area contributed by atoms with Gasteiger partial charge in [0.25, 0.3) is 5.91 Å². The van der Waals surface area contributed by atoms with Crippen LogP contribution in [0.25, 0.3) is 0 Å². The van der Waals surface area contributed by atoms with E-state index in [0.29, 0.717) is 15.6 Å². The average molecular weight is 467 g/mol. The second-order valence-corrected chi connectivity index (χ2v) is 9.29. The van der Waals surface area contributed by atoms with E-state index >= 15 is 0 Å². The van der Waals surface area contributed by atoms with Crippen molar-refractivity contribution in [2.45, 2.75) is 45.2 Å². The summed E-state index contributed by atoms with van der Waals surface area (Å²) in [6.07, 6.45) is 3.02. The van der Waals surface area contributed by atoms with Crippen molar-refractivity contribution >= 4 is 34.9 Å². The number of nitrogens with one attached hydrogen (secondary N) is 2. The average Bonchev–Trinajstić information content (AvgIpc) is 3.14. The van der Waals surface area contributed by atoms with Gasteiger partial charge in [-0.2, -0.15) is 5.10 Å². The first-order valence-electron chi connectivity index (χ1n) is 10.8. The summed E-state index contributed by atoms with van der Waals surface area (Å²) in [7, 11) is 0. The molecule has 0 spiro atoms. The number of aryl methyl sites for hydroxylation is 2. The first kappa shape index (κ1) is 21.1. The molecule has 0 saturated carbocycles. The number of hydrogen-bond donors (Lipinski definition) is 2. The summed E-state index contributed by atoms with van der Waals surface area (Å²) in [6.45, 7) is 3.87. The second kappa shape index (κ2) is 8.30. The molecule has 0 fully saturated rings. The molecule has 0 bridgehead atoms. The minimum absolute atomic E-state index is 0.0111. The first-order valence-corrected chi connectivity index (χ1v) is 11.6. The smallest absolute Gasteiger partial charge is 0.251 e. The minimum Gasteiger partial charge on any atom is -0.345 e. The van der Waals surface area contributed by atoms with Crippen LogP contribution in [0.3, 0.4) is 0 Å². The van der Waals surface area contributed by atoms with Gasteiger partial charge in [0, 0.05) is 11.8 Å². The number of aromatic nitrogens is 2. The zero-order valence-corrected chi connectivity index (χ0v) is 19.5. The van der Waals surface area contributed by atoms with E-state index in [-0.39, 0.29) is 11.9 Å². The predicted octanol–water partition coefficient (Wildman–Crippen LogP) is 5.98. The van der Waals surface area contributed by atoms with Gasteiger partial charge in [0.15, 0.2) is 0 Å². The van der Waals surface area contributed by atoms with E-state index in [9.17, 15) is 4.79 Å². The molecule has 2 aromatic carbocycles. The van der Waals surface area contributed by atoms with Crippen LogP contribution in [0.5, 0.6) is 0 Å². The summed E-state index contributed by atoms with van der Waals surface area (Å²) in [5, 5.41) is 12.3. The predicted molar refractivity (Wildman–Crippen MR) is 128 cm³/mol. The van der Waals surface area contributed by atoms with Crippen molar-refractivity contribution in [3.8, 4) is 0 Å². The highest BCUT2D eigenvalue weighted by atomic mass is 35.5. The highest BCUT2D eigenvalue weighted by Gasteiger charge is 2.34. The molecule has 2 heterocycles. The molecular weight excluding hydrogens is 443 g/mol. The van der Waals surface area contributed by atoms with Crippen LogP contribution < -0.4 is 10.6 Å². The van der Waals surface area contributed by atoms with Crippen LogP contribution >= 0.6 is 23.2 Å². The monoisotopic (exact) mass is 466 g/mol. The Kier molecular flexibility index (Phi) is 5.48. The van der Waals surface area contributed by atoms with E-state index in [2.05, 4.69) is 33.9 Å². The molecule has 7 heteroatoms. The van der Waals surface area contributed by atoms with E-state index in [1.807, 2.05) is 42.8 Å². The van der Waals surface area contributed by atoms with Gasteiger partial charge in [-0.3, -0.25) is 4.79 Å². The van der Waals surface area contributed by atoms with Gasteiger partial charge < -0.3 is 10.6 Å². The van der Waals surface area contributed by atoms with E-state index in [1.165, 1.54) is 11.1 Å². The van der Waals surface area contributed by atoms with Crippen LogP contribution in [-0.2, 0) is 11.2 Å². The lowest BCUT2D eigenvalue weighted by Gasteiger charge is -2.32. The molecule has 1 aromatic heterocycles. The summed E-state index contributed by atoms with van der Waals surface area (Å²) >= 11 is 12.5. The molecule has 1 aliphatic carbocycles. The molecule has 2 aliphatic rings. The van der Waals surface area contributed by atoms with E-state index in [1.54, 1.807) is 6.07 Å². The molecule has 1 amide bonds. The fraction of sp³-hybridized carbons (Fsp3) is 0.280. The molecule has 5 rings (SSSR count). The SMILES string of the molecule is CC1=C(C(=O)NC2CCCc3ccccc32)C(c2ccc(Cl)c(Cl)c2)n2nc(C)cc2N1. The summed E-state index contributed by atoms with van der Waals surface area (Å²) in [4.78, 5) is 13.7. The number of carbonyl (C=O) groups is 1. The number of rotatable bonds is 3. The number of fused-ring (bicyclic) bond motifs is 2. The van der Waals surface area contributed by atoms with Gasteiger partial charge in [0.2, 0.25) is 0 Å². The lowest BCUT2D eigenvalue weighted by atomic mass is 9.87. The highest BCUT2D eigenvalue weighted by molar-refractivity contribution is 6.42. The number of nitrogens with zero attached hydrogens (tertiary/aromatic N) is 2. The molecule has 3 aromatic rings. The first-order chi connectivity index (χ1) is 15.4. The van der Waals surface area contributed by atoms with Gasteiger partial charge in [-0.25, -0.2) is 4.68 Å². The number of hydrogen-bond acceptors (Lipinski definition) is 3. The number of allylic oxidation sites excluding steroid dienone is 1. The zero-order valence-electron chi connectivity index (χ0n) is 18.0. The standard InChI is InChI=1S/C25H24Cl2N4O/c1-14-12-22-28-15(2)23(24(31(22)30-14)17-10-11-19(26)20(27)13-17)25(32)29-21-9-5-7-16-6-3-4-8-18(16)21/h3-4,6,8,10-13,21,24,28H,5,7,9H2,1-2H3,(H,29,32). The number of halogens is 2. The molecule has 5 nitrogen and oxygen atoms in total.